The van der Waals surface area contributed by atoms with Gasteiger partial charge < -0.3 is 9.84 Å². The molecule has 2 aromatic carbocycles. The molecule has 0 radical (unpaired) electrons. The number of rotatable bonds is 4. The molecule has 0 aliphatic carbocycles. The van der Waals surface area contributed by atoms with Gasteiger partial charge in [0.15, 0.2) is 0 Å². The highest BCUT2D eigenvalue weighted by molar-refractivity contribution is 9.10. The molecule has 1 N–H and O–H groups in total. The van der Waals surface area contributed by atoms with Crippen molar-refractivity contribution in [2.24, 2.45) is 0 Å². The van der Waals surface area contributed by atoms with E-state index in [-0.39, 0.29) is 18.0 Å². The van der Waals surface area contributed by atoms with Crippen LogP contribution in [0.15, 0.2) is 46.9 Å². The molecule has 0 amide bonds. The van der Waals surface area contributed by atoms with Crippen LogP contribution in [0.5, 0.6) is 11.5 Å². The molecule has 0 spiro atoms. The van der Waals surface area contributed by atoms with Gasteiger partial charge in [0.1, 0.15) is 5.75 Å². The second kappa shape index (κ2) is 5.81. The average Bonchev–Trinajstić information content (AvgIpc) is 2.41. The van der Waals surface area contributed by atoms with E-state index in [0.29, 0.717) is 15.8 Å². The van der Waals surface area contributed by atoms with E-state index in [2.05, 4.69) is 15.9 Å². The van der Waals surface area contributed by atoms with Gasteiger partial charge in [-0.15, -0.1) is 0 Å². The van der Waals surface area contributed by atoms with Crippen molar-refractivity contribution in [1.29, 1.82) is 0 Å². The first-order chi connectivity index (χ1) is 9.13. The molecular weight excluding hydrogens is 314 g/mol. The summed E-state index contributed by atoms with van der Waals surface area (Å²) in [4.78, 5) is 10.5. The molecule has 0 aliphatic rings. The van der Waals surface area contributed by atoms with Gasteiger partial charge >= 0.3 is 5.69 Å². The number of nitro groups is 1. The van der Waals surface area contributed by atoms with E-state index in [0.717, 1.165) is 0 Å². The zero-order valence-electron chi connectivity index (χ0n) is 9.75. The minimum Gasteiger partial charge on any atom is -0.449 e. The van der Waals surface area contributed by atoms with Crippen molar-refractivity contribution in [1.82, 2.24) is 0 Å². The van der Waals surface area contributed by atoms with Crippen molar-refractivity contribution < 1.29 is 14.8 Å². The molecule has 0 bridgehead atoms. The molecule has 2 rings (SSSR count). The van der Waals surface area contributed by atoms with E-state index >= 15 is 0 Å². The number of halogens is 1. The molecule has 0 saturated carbocycles. The van der Waals surface area contributed by atoms with Crippen LogP contribution in [0.25, 0.3) is 0 Å². The third-order valence-corrected chi connectivity index (χ3v) is 3.12. The lowest BCUT2D eigenvalue weighted by Crippen LogP contribution is -1.96. The molecule has 0 aromatic heterocycles. The number of aliphatic hydroxyl groups excluding tert-OH is 1. The Morgan fingerprint density at radius 1 is 1.21 bits per heavy atom. The summed E-state index contributed by atoms with van der Waals surface area (Å²) in [6, 6.07) is 11.4. The van der Waals surface area contributed by atoms with Crippen LogP contribution < -0.4 is 4.74 Å². The fourth-order valence-corrected chi connectivity index (χ4v) is 2.02. The van der Waals surface area contributed by atoms with Crippen molar-refractivity contribution in [3.05, 3.63) is 62.6 Å². The Labute approximate surface area is 117 Å². The zero-order chi connectivity index (χ0) is 13.8. The quantitative estimate of drug-likeness (QED) is 0.688. The summed E-state index contributed by atoms with van der Waals surface area (Å²) < 4.78 is 6.06. The van der Waals surface area contributed by atoms with Gasteiger partial charge in [0, 0.05) is 11.6 Å². The average molecular weight is 324 g/mol. The first kappa shape index (κ1) is 13.5. The second-order valence-corrected chi connectivity index (χ2v) is 4.57. The van der Waals surface area contributed by atoms with Gasteiger partial charge in [-0.1, -0.05) is 24.3 Å². The van der Waals surface area contributed by atoms with Crippen LogP contribution in [-0.2, 0) is 6.61 Å². The Bertz CT molecular complexity index is 615. The number of ether oxygens (including phenoxy) is 1. The third-order valence-electron chi connectivity index (χ3n) is 2.50. The maximum absolute atomic E-state index is 11.0. The van der Waals surface area contributed by atoms with Crippen molar-refractivity contribution in [3.8, 4) is 11.5 Å². The molecule has 0 unspecified atom stereocenters. The molecule has 0 atom stereocenters. The summed E-state index contributed by atoms with van der Waals surface area (Å²) >= 11 is 3.23. The third kappa shape index (κ3) is 2.91. The molecule has 0 saturated heterocycles. The van der Waals surface area contributed by atoms with E-state index in [4.69, 9.17) is 4.74 Å². The summed E-state index contributed by atoms with van der Waals surface area (Å²) in [5.74, 6) is 0.508. The molecule has 6 heteroatoms. The predicted octanol–water partition coefficient (Wildman–Crippen LogP) is 3.64. The van der Waals surface area contributed by atoms with Crippen molar-refractivity contribution in [2.75, 3.05) is 0 Å². The molecule has 0 fully saturated rings. The van der Waals surface area contributed by atoms with Gasteiger partial charge in [0.2, 0.25) is 5.75 Å². The Kier molecular flexibility index (Phi) is 4.13. The minimum absolute atomic E-state index is 0.119. The lowest BCUT2D eigenvalue weighted by atomic mass is 10.2. The number of hydrogen-bond acceptors (Lipinski definition) is 4. The van der Waals surface area contributed by atoms with Crippen LogP contribution in [0.1, 0.15) is 5.56 Å². The van der Waals surface area contributed by atoms with Crippen molar-refractivity contribution >= 4 is 21.6 Å². The van der Waals surface area contributed by atoms with E-state index in [1.54, 1.807) is 36.4 Å². The Morgan fingerprint density at radius 3 is 2.63 bits per heavy atom. The van der Waals surface area contributed by atoms with Crippen LogP contribution in [0.4, 0.5) is 5.69 Å². The zero-order valence-corrected chi connectivity index (χ0v) is 11.3. The van der Waals surface area contributed by atoms with Crippen LogP contribution in [0.3, 0.4) is 0 Å². The SMILES string of the molecule is O=[N+]([O-])c1cccc(Br)c1Oc1ccccc1CO. The highest BCUT2D eigenvalue weighted by atomic mass is 79.9. The number of nitrogens with zero attached hydrogens (tertiary/aromatic N) is 1. The highest BCUT2D eigenvalue weighted by Crippen LogP contribution is 2.38. The smallest absolute Gasteiger partial charge is 0.312 e. The fraction of sp³-hybridized carbons (Fsp3) is 0.0769. The molecule has 2 aromatic rings. The van der Waals surface area contributed by atoms with Crippen LogP contribution in [0, 0.1) is 10.1 Å². The van der Waals surface area contributed by atoms with Gasteiger partial charge in [0.25, 0.3) is 0 Å². The number of hydrogen-bond donors (Lipinski definition) is 1. The van der Waals surface area contributed by atoms with E-state index < -0.39 is 4.92 Å². The van der Waals surface area contributed by atoms with Gasteiger partial charge in [-0.05, 0) is 28.1 Å². The summed E-state index contributed by atoms with van der Waals surface area (Å²) in [7, 11) is 0. The first-order valence-electron chi connectivity index (χ1n) is 5.43. The van der Waals surface area contributed by atoms with Crippen molar-refractivity contribution in [2.45, 2.75) is 6.61 Å². The predicted molar refractivity (Wildman–Crippen MR) is 73.2 cm³/mol. The van der Waals surface area contributed by atoms with Gasteiger partial charge in [-0.3, -0.25) is 10.1 Å². The number of aliphatic hydroxyl groups is 1. The second-order valence-electron chi connectivity index (χ2n) is 3.71. The van der Waals surface area contributed by atoms with Crippen LogP contribution in [-0.4, -0.2) is 10.0 Å². The standard InChI is InChI=1S/C13H10BrNO4/c14-10-5-3-6-11(15(17)18)13(10)19-12-7-2-1-4-9(12)8-16/h1-7,16H,8H2. The fourth-order valence-electron chi connectivity index (χ4n) is 1.59. The maximum atomic E-state index is 11.0. The molecule has 0 aliphatic heterocycles. The van der Waals surface area contributed by atoms with E-state index in [1.165, 1.54) is 6.07 Å². The molecule has 5 nitrogen and oxygen atoms in total. The summed E-state index contributed by atoms with van der Waals surface area (Å²) in [6.07, 6.45) is 0. The summed E-state index contributed by atoms with van der Waals surface area (Å²) in [5, 5.41) is 20.2. The van der Waals surface area contributed by atoms with E-state index in [1.807, 2.05) is 0 Å². The van der Waals surface area contributed by atoms with Gasteiger partial charge in [-0.2, -0.15) is 0 Å². The molecule has 98 valence electrons. The van der Waals surface area contributed by atoms with E-state index in [9.17, 15) is 15.2 Å². The van der Waals surface area contributed by atoms with Crippen LogP contribution in [0.2, 0.25) is 0 Å². The Morgan fingerprint density at radius 2 is 1.95 bits per heavy atom. The molecule has 19 heavy (non-hydrogen) atoms. The summed E-state index contributed by atoms with van der Waals surface area (Å²) in [5.41, 5.74) is 0.426. The number of para-hydroxylation sites is 2. The maximum Gasteiger partial charge on any atom is 0.312 e. The monoisotopic (exact) mass is 323 g/mol. The normalized spacial score (nSPS) is 10.2. The molecular formula is C13H10BrNO4. The Balaban J connectivity index is 2.46. The Hall–Kier alpha value is -1.92. The summed E-state index contributed by atoms with van der Waals surface area (Å²) in [6.45, 7) is -0.200. The highest BCUT2D eigenvalue weighted by Gasteiger charge is 2.19. The lowest BCUT2D eigenvalue weighted by Gasteiger charge is -2.10. The van der Waals surface area contributed by atoms with Gasteiger partial charge in [-0.25, -0.2) is 0 Å². The largest absolute Gasteiger partial charge is 0.449 e. The lowest BCUT2D eigenvalue weighted by molar-refractivity contribution is -0.385. The minimum atomic E-state index is -0.512. The molecule has 0 heterocycles. The van der Waals surface area contributed by atoms with Crippen LogP contribution >= 0.6 is 15.9 Å². The van der Waals surface area contributed by atoms with Gasteiger partial charge in [0.05, 0.1) is 16.0 Å². The first-order valence-corrected chi connectivity index (χ1v) is 6.22. The number of benzene rings is 2. The number of nitro benzene ring substituents is 1. The van der Waals surface area contributed by atoms with Crippen molar-refractivity contribution in [3.63, 3.8) is 0 Å². The topological polar surface area (TPSA) is 72.6 Å².